The molecule has 0 unspecified atom stereocenters. The van der Waals surface area contributed by atoms with Gasteiger partial charge < -0.3 is 29.3 Å². The average molecular weight is 480 g/mol. The van der Waals surface area contributed by atoms with Crippen LogP contribution in [0.4, 0.5) is 11.4 Å². The summed E-state index contributed by atoms with van der Waals surface area (Å²) in [5, 5.41) is 2.93. The average Bonchev–Trinajstić information content (AvgIpc) is 3.40. The Labute approximate surface area is 206 Å². The predicted octanol–water partition coefficient (Wildman–Crippen LogP) is 3.20. The second kappa shape index (κ2) is 10.2. The van der Waals surface area contributed by atoms with Gasteiger partial charge in [0.1, 0.15) is 13.2 Å². The standard InChI is InChI=1S/C27H33N3O5/c1-29(19-25(31)28-21-5-7-22(8-6-21)30-12-14-33-15-13-30)26(32)27(10-2-3-11-27)20-4-9-23-24(18-20)35-17-16-34-23/h4-9,18H,2-3,10-17,19H2,1H3,(H,28,31). The van der Waals surface area contributed by atoms with Gasteiger partial charge in [-0.05, 0) is 54.8 Å². The van der Waals surface area contributed by atoms with Crippen molar-refractivity contribution < 1.29 is 23.8 Å². The first kappa shape index (κ1) is 23.5. The number of fused-ring (bicyclic) bond motifs is 1. The number of benzene rings is 2. The number of carbonyl (C=O) groups excluding carboxylic acids is 2. The molecular weight excluding hydrogens is 446 g/mol. The van der Waals surface area contributed by atoms with E-state index in [9.17, 15) is 9.59 Å². The third-order valence-electron chi connectivity index (χ3n) is 7.22. The van der Waals surface area contributed by atoms with E-state index in [2.05, 4.69) is 10.2 Å². The number of hydrogen-bond donors (Lipinski definition) is 1. The minimum atomic E-state index is -0.634. The lowest BCUT2D eigenvalue weighted by Crippen LogP contribution is -2.46. The summed E-state index contributed by atoms with van der Waals surface area (Å²) < 4.78 is 16.8. The van der Waals surface area contributed by atoms with E-state index in [1.807, 2.05) is 42.5 Å². The molecular formula is C27H33N3O5. The molecule has 2 amide bonds. The molecule has 2 fully saturated rings. The summed E-state index contributed by atoms with van der Waals surface area (Å²) in [4.78, 5) is 30.3. The highest BCUT2D eigenvalue weighted by Crippen LogP contribution is 2.45. The van der Waals surface area contributed by atoms with Gasteiger partial charge in [-0.15, -0.1) is 0 Å². The number of ether oxygens (including phenoxy) is 3. The van der Waals surface area contributed by atoms with Crippen molar-refractivity contribution >= 4 is 23.2 Å². The molecule has 1 N–H and O–H groups in total. The normalized spacial score (nSPS) is 18.7. The van der Waals surface area contributed by atoms with Gasteiger partial charge >= 0.3 is 0 Å². The van der Waals surface area contributed by atoms with E-state index in [4.69, 9.17) is 14.2 Å². The molecule has 2 aromatic rings. The third-order valence-corrected chi connectivity index (χ3v) is 7.22. The van der Waals surface area contributed by atoms with Gasteiger partial charge in [0.2, 0.25) is 11.8 Å². The van der Waals surface area contributed by atoms with Gasteiger partial charge in [-0.2, -0.15) is 0 Å². The molecule has 0 spiro atoms. The Balaban J connectivity index is 1.24. The van der Waals surface area contributed by atoms with Crippen LogP contribution in [0.15, 0.2) is 42.5 Å². The van der Waals surface area contributed by atoms with Gasteiger partial charge in [0.05, 0.1) is 25.2 Å². The fraction of sp³-hybridized carbons (Fsp3) is 0.481. The summed E-state index contributed by atoms with van der Waals surface area (Å²) in [5.74, 6) is 1.17. The maximum absolute atomic E-state index is 13.7. The highest BCUT2D eigenvalue weighted by atomic mass is 16.6. The second-order valence-corrected chi connectivity index (χ2v) is 9.50. The smallest absolute Gasteiger partial charge is 0.243 e. The number of likely N-dealkylation sites (N-methyl/N-ethyl adjacent to an activating group) is 1. The molecule has 186 valence electrons. The molecule has 1 saturated carbocycles. The van der Waals surface area contributed by atoms with Crippen LogP contribution in [0, 0.1) is 0 Å². The monoisotopic (exact) mass is 479 g/mol. The molecule has 3 aliphatic rings. The topological polar surface area (TPSA) is 80.3 Å². The van der Waals surface area contributed by atoms with E-state index in [1.54, 1.807) is 11.9 Å². The van der Waals surface area contributed by atoms with Crippen LogP contribution in [0.1, 0.15) is 31.2 Å². The molecule has 5 rings (SSSR count). The molecule has 2 heterocycles. The first-order chi connectivity index (χ1) is 17.0. The Hall–Kier alpha value is -3.26. The Morgan fingerprint density at radius 3 is 2.34 bits per heavy atom. The van der Waals surface area contributed by atoms with E-state index >= 15 is 0 Å². The lowest BCUT2D eigenvalue weighted by atomic mass is 9.77. The highest BCUT2D eigenvalue weighted by Gasteiger charge is 2.45. The maximum Gasteiger partial charge on any atom is 0.243 e. The summed E-state index contributed by atoms with van der Waals surface area (Å²) in [6.07, 6.45) is 3.49. The lowest BCUT2D eigenvalue weighted by Gasteiger charge is -2.33. The molecule has 1 saturated heterocycles. The Kier molecular flexibility index (Phi) is 6.81. The van der Waals surface area contributed by atoms with Crippen molar-refractivity contribution in [1.82, 2.24) is 4.90 Å². The van der Waals surface area contributed by atoms with E-state index in [0.717, 1.165) is 68.9 Å². The number of morpholine rings is 1. The van der Waals surface area contributed by atoms with E-state index < -0.39 is 5.41 Å². The minimum Gasteiger partial charge on any atom is -0.486 e. The Morgan fingerprint density at radius 1 is 0.943 bits per heavy atom. The van der Waals surface area contributed by atoms with Crippen molar-refractivity contribution in [2.75, 3.05) is 63.3 Å². The molecule has 2 aliphatic heterocycles. The summed E-state index contributed by atoms with van der Waals surface area (Å²) in [7, 11) is 1.71. The van der Waals surface area contributed by atoms with Crippen molar-refractivity contribution in [2.45, 2.75) is 31.1 Å². The zero-order chi connectivity index (χ0) is 24.3. The summed E-state index contributed by atoms with van der Waals surface area (Å²) in [5.41, 5.74) is 2.14. The molecule has 0 aromatic heterocycles. The number of nitrogens with one attached hydrogen (secondary N) is 1. The number of rotatable bonds is 6. The number of anilines is 2. The predicted molar refractivity (Wildman–Crippen MR) is 133 cm³/mol. The van der Waals surface area contributed by atoms with Crippen LogP contribution < -0.4 is 19.7 Å². The SMILES string of the molecule is CN(CC(=O)Nc1ccc(N2CCOCC2)cc1)C(=O)C1(c2ccc3c(c2)OCCO3)CCCC1. The van der Waals surface area contributed by atoms with Gasteiger partial charge in [0.25, 0.3) is 0 Å². The van der Waals surface area contributed by atoms with Gasteiger partial charge in [-0.1, -0.05) is 18.9 Å². The first-order valence-corrected chi connectivity index (χ1v) is 12.4. The molecule has 1 aliphatic carbocycles. The van der Waals surface area contributed by atoms with E-state index in [-0.39, 0.29) is 18.4 Å². The van der Waals surface area contributed by atoms with Crippen molar-refractivity contribution in [1.29, 1.82) is 0 Å². The van der Waals surface area contributed by atoms with Crippen LogP contribution in [0.2, 0.25) is 0 Å². The molecule has 8 nitrogen and oxygen atoms in total. The number of hydrogen-bond acceptors (Lipinski definition) is 6. The molecule has 35 heavy (non-hydrogen) atoms. The van der Waals surface area contributed by atoms with Crippen molar-refractivity contribution in [3.63, 3.8) is 0 Å². The second-order valence-electron chi connectivity index (χ2n) is 9.50. The van der Waals surface area contributed by atoms with Crippen LogP contribution >= 0.6 is 0 Å². The number of nitrogens with zero attached hydrogens (tertiary/aromatic N) is 2. The van der Waals surface area contributed by atoms with E-state index in [1.165, 1.54) is 0 Å². The van der Waals surface area contributed by atoms with Crippen molar-refractivity contribution in [2.24, 2.45) is 0 Å². The number of amides is 2. The maximum atomic E-state index is 13.7. The highest BCUT2D eigenvalue weighted by molar-refractivity contribution is 5.97. The first-order valence-electron chi connectivity index (χ1n) is 12.4. The summed E-state index contributed by atoms with van der Waals surface area (Å²) in [6, 6.07) is 13.6. The molecule has 0 atom stereocenters. The van der Waals surface area contributed by atoms with Crippen LogP contribution in [0.25, 0.3) is 0 Å². The quantitative estimate of drug-likeness (QED) is 0.686. The van der Waals surface area contributed by atoms with Crippen molar-refractivity contribution in [3.8, 4) is 11.5 Å². The molecule has 0 radical (unpaired) electrons. The Morgan fingerprint density at radius 2 is 1.63 bits per heavy atom. The third kappa shape index (κ3) is 4.93. The van der Waals surface area contributed by atoms with Gasteiger partial charge in [-0.25, -0.2) is 0 Å². The summed E-state index contributed by atoms with van der Waals surface area (Å²) >= 11 is 0. The van der Waals surface area contributed by atoms with Crippen LogP contribution in [0.5, 0.6) is 11.5 Å². The van der Waals surface area contributed by atoms with Crippen molar-refractivity contribution in [3.05, 3.63) is 48.0 Å². The van der Waals surface area contributed by atoms with E-state index in [0.29, 0.717) is 24.7 Å². The summed E-state index contributed by atoms with van der Waals surface area (Å²) in [6.45, 7) is 4.22. The van der Waals surface area contributed by atoms with Gasteiger partial charge in [-0.3, -0.25) is 9.59 Å². The lowest BCUT2D eigenvalue weighted by molar-refractivity contribution is -0.138. The fourth-order valence-corrected chi connectivity index (χ4v) is 5.38. The van der Waals surface area contributed by atoms with Gasteiger partial charge in [0.15, 0.2) is 11.5 Å². The Bertz CT molecular complexity index is 1060. The van der Waals surface area contributed by atoms with Crippen LogP contribution in [-0.4, -0.2) is 69.8 Å². The number of carbonyl (C=O) groups is 2. The largest absolute Gasteiger partial charge is 0.486 e. The van der Waals surface area contributed by atoms with Gasteiger partial charge in [0, 0.05) is 31.5 Å². The van der Waals surface area contributed by atoms with Crippen LogP contribution in [0.3, 0.4) is 0 Å². The molecule has 2 aromatic carbocycles. The fourth-order valence-electron chi connectivity index (χ4n) is 5.38. The van der Waals surface area contributed by atoms with Crippen LogP contribution in [-0.2, 0) is 19.7 Å². The zero-order valence-corrected chi connectivity index (χ0v) is 20.3. The molecule has 0 bridgehead atoms. The zero-order valence-electron chi connectivity index (χ0n) is 20.3. The minimum absolute atomic E-state index is 0.00362. The molecule has 8 heteroatoms.